The van der Waals surface area contributed by atoms with Gasteiger partial charge in [-0.05, 0) is 43.0 Å². The zero-order chi connectivity index (χ0) is 18.3. The maximum Gasteiger partial charge on any atom is 0.333 e. The van der Waals surface area contributed by atoms with Crippen LogP contribution in [0.4, 0.5) is 0 Å². The molecule has 1 aromatic rings. The minimum atomic E-state index is -3.83. The Hall–Kier alpha value is -2.40. The molecule has 1 N–H and O–H groups in total. The summed E-state index contributed by atoms with van der Waals surface area (Å²) >= 11 is 0. The molecule has 0 aromatic heterocycles. The summed E-state index contributed by atoms with van der Waals surface area (Å²) in [6.45, 7) is 0. The van der Waals surface area contributed by atoms with Gasteiger partial charge in [-0.15, -0.1) is 0 Å². The van der Waals surface area contributed by atoms with E-state index < -0.39 is 15.1 Å². The first-order valence-corrected chi connectivity index (χ1v) is 9.72. The van der Waals surface area contributed by atoms with E-state index in [9.17, 15) is 13.7 Å². The molecule has 1 fully saturated rings. The molecular weight excluding hydrogens is 342 g/mol. The molecule has 0 amide bonds. The fourth-order valence-electron chi connectivity index (χ4n) is 2.77. The van der Waals surface area contributed by atoms with E-state index in [1.54, 1.807) is 24.3 Å². The highest BCUT2D eigenvalue weighted by molar-refractivity contribution is 8.05. The van der Waals surface area contributed by atoms with Gasteiger partial charge >= 0.3 is 5.23 Å². The average Bonchev–Trinajstić information content (AvgIpc) is 2.63. The number of hydrogen-bond donors (Lipinski definition) is 1. The molecule has 0 radical (unpaired) electrons. The van der Waals surface area contributed by atoms with Gasteiger partial charge in [0.15, 0.2) is 5.71 Å². The third-order valence-electron chi connectivity index (χ3n) is 4.15. The van der Waals surface area contributed by atoms with E-state index in [2.05, 4.69) is 5.16 Å². The molecule has 1 aliphatic rings. The fraction of sp³-hybridized carbons (Fsp3) is 0.471. The molecule has 0 heterocycles. The minimum Gasteiger partial charge on any atom is -0.497 e. The number of nitriles is 1. The van der Waals surface area contributed by atoms with Crippen LogP contribution in [-0.2, 0) is 14.7 Å². The van der Waals surface area contributed by atoms with Crippen molar-refractivity contribution in [1.82, 2.24) is 0 Å². The number of sulfone groups is 1. The largest absolute Gasteiger partial charge is 0.497 e. The Kier molecular flexibility index (Phi) is 6.53. The van der Waals surface area contributed by atoms with Crippen LogP contribution in [0, 0.1) is 22.7 Å². The van der Waals surface area contributed by atoms with Gasteiger partial charge in [-0.1, -0.05) is 24.4 Å². The van der Waals surface area contributed by atoms with Crippen molar-refractivity contribution in [2.75, 3.05) is 12.9 Å². The number of nitrogens with zero attached hydrogens (tertiary/aromatic N) is 2. The Morgan fingerprint density at radius 2 is 1.92 bits per heavy atom. The maximum atomic E-state index is 12.2. The molecule has 0 spiro atoms. The first kappa shape index (κ1) is 18.9. The second kappa shape index (κ2) is 8.62. The molecule has 1 saturated carbocycles. The lowest BCUT2D eigenvalue weighted by atomic mass is 9.91. The monoisotopic (exact) mass is 363 g/mol. The predicted molar refractivity (Wildman–Crippen MR) is 94.3 cm³/mol. The first-order chi connectivity index (χ1) is 12.0. The Bertz CT molecular complexity index is 773. The van der Waals surface area contributed by atoms with E-state index in [4.69, 9.17) is 15.0 Å². The van der Waals surface area contributed by atoms with Crippen molar-refractivity contribution in [3.8, 4) is 11.8 Å². The second-order valence-electron chi connectivity index (χ2n) is 5.94. The van der Waals surface area contributed by atoms with Crippen LogP contribution in [0.1, 0.15) is 37.7 Å². The average molecular weight is 363 g/mol. The normalized spacial score (nSPS) is 16.1. The molecule has 1 aromatic carbocycles. The van der Waals surface area contributed by atoms with Crippen LogP contribution in [0.5, 0.6) is 5.75 Å². The van der Waals surface area contributed by atoms with E-state index in [0.29, 0.717) is 11.3 Å². The van der Waals surface area contributed by atoms with Gasteiger partial charge in [0.25, 0.3) is 0 Å². The SMILES string of the molecule is COc1ccc(/C(C#N)=N/OC(=N)S(=O)(=O)CC2CCCCC2)cc1. The van der Waals surface area contributed by atoms with E-state index in [-0.39, 0.29) is 17.4 Å². The second-order valence-corrected chi connectivity index (χ2v) is 7.88. The Morgan fingerprint density at radius 3 is 2.48 bits per heavy atom. The van der Waals surface area contributed by atoms with E-state index in [1.165, 1.54) is 7.11 Å². The number of oxime groups is 1. The number of ether oxygens (including phenoxy) is 1. The van der Waals surface area contributed by atoms with Crippen molar-refractivity contribution < 1.29 is 18.0 Å². The Balaban J connectivity index is 2.03. The molecule has 8 heteroatoms. The summed E-state index contributed by atoms with van der Waals surface area (Å²) in [4.78, 5) is 4.74. The molecule has 0 saturated heterocycles. The van der Waals surface area contributed by atoms with Crippen LogP contribution >= 0.6 is 0 Å². The number of rotatable bonds is 5. The van der Waals surface area contributed by atoms with Crippen LogP contribution in [0.15, 0.2) is 29.4 Å². The Labute approximate surface area is 147 Å². The molecule has 0 atom stereocenters. The highest BCUT2D eigenvalue weighted by Crippen LogP contribution is 2.25. The highest BCUT2D eigenvalue weighted by Gasteiger charge is 2.27. The van der Waals surface area contributed by atoms with Crippen molar-refractivity contribution >= 4 is 20.8 Å². The van der Waals surface area contributed by atoms with E-state index in [0.717, 1.165) is 32.1 Å². The summed E-state index contributed by atoms with van der Waals surface area (Å²) in [6.07, 6.45) is 4.86. The predicted octanol–water partition coefficient (Wildman–Crippen LogP) is 2.87. The highest BCUT2D eigenvalue weighted by atomic mass is 32.2. The van der Waals surface area contributed by atoms with Gasteiger partial charge in [0.1, 0.15) is 11.8 Å². The zero-order valence-corrected chi connectivity index (χ0v) is 14.9. The number of nitrogens with one attached hydrogen (secondary N) is 1. The number of hydrogen-bond acceptors (Lipinski definition) is 7. The summed E-state index contributed by atoms with van der Waals surface area (Å²) in [5.41, 5.74) is 0.334. The van der Waals surface area contributed by atoms with Crippen molar-refractivity contribution in [3.63, 3.8) is 0 Å². The molecular formula is C17H21N3O4S. The summed E-state index contributed by atoms with van der Waals surface area (Å²) in [5.74, 6) is 0.569. The van der Waals surface area contributed by atoms with E-state index >= 15 is 0 Å². The van der Waals surface area contributed by atoms with Crippen LogP contribution in [0.3, 0.4) is 0 Å². The number of methoxy groups -OCH3 is 1. The lowest BCUT2D eigenvalue weighted by Gasteiger charge is -2.20. The molecule has 25 heavy (non-hydrogen) atoms. The van der Waals surface area contributed by atoms with Crippen molar-refractivity contribution in [1.29, 1.82) is 10.7 Å². The molecule has 0 bridgehead atoms. The zero-order valence-electron chi connectivity index (χ0n) is 14.1. The van der Waals surface area contributed by atoms with E-state index in [1.807, 2.05) is 6.07 Å². The minimum absolute atomic E-state index is 0.0590. The summed E-state index contributed by atoms with van der Waals surface area (Å²) in [5, 5.41) is 19.4. The summed E-state index contributed by atoms with van der Waals surface area (Å²) in [6, 6.07) is 8.33. The molecule has 1 aliphatic carbocycles. The summed E-state index contributed by atoms with van der Waals surface area (Å²) < 4.78 is 29.4. The van der Waals surface area contributed by atoms with Gasteiger partial charge in [0.05, 0.1) is 12.9 Å². The van der Waals surface area contributed by atoms with Crippen LogP contribution < -0.4 is 4.74 Å². The molecule has 0 aliphatic heterocycles. The lowest BCUT2D eigenvalue weighted by Crippen LogP contribution is -2.25. The van der Waals surface area contributed by atoms with Gasteiger partial charge in [0.2, 0.25) is 9.84 Å². The van der Waals surface area contributed by atoms with Gasteiger partial charge in [-0.25, -0.2) is 8.42 Å². The van der Waals surface area contributed by atoms with Crippen LogP contribution in [0.2, 0.25) is 0 Å². The summed E-state index contributed by atoms with van der Waals surface area (Å²) in [7, 11) is -2.31. The molecule has 134 valence electrons. The van der Waals surface area contributed by atoms with Gasteiger partial charge in [-0.3, -0.25) is 5.41 Å². The van der Waals surface area contributed by atoms with Crippen LogP contribution in [-0.4, -0.2) is 32.2 Å². The quantitative estimate of drug-likeness (QED) is 0.491. The Morgan fingerprint density at radius 1 is 1.28 bits per heavy atom. The topological polar surface area (TPSA) is 113 Å². The standard InChI is InChI=1S/C17H21N3O4S/c1-23-15-9-7-14(8-10-15)16(11-18)20-24-17(19)25(21,22)12-13-5-3-2-4-6-13/h7-10,13,19H,2-6,12H2,1H3/b19-17?,20-16+. The van der Waals surface area contributed by atoms with Crippen molar-refractivity contribution in [3.05, 3.63) is 29.8 Å². The maximum absolute atomic E-state index is 12.2. The van der Waals surface area contributed by atoms with Crippen LogP contribution in [0.25, 0.3) is 0 Å². The number of benzene rings is 1. The van der Waals surface area contributed by atoms with Gasteiger partial charge in [-0.2, -0.15) is 5.26 Å². The van der Waals surface area contributed by atoms with Gasteiger partial charge in [0, 0.05) is 5.56 Å². The molecule has 0 unspecified atom stereocenters. The van der Waals surface area contributed by atoms with Crippen molar-refractivity contribution in [2.24, 2.45) is 11.1 Å². The molecule has 7 nitrogen and oxygen atoms in total. The smallest absolute Gasteiger partial charge is 0.333 e. The lowest BCUT2D eigenvalue weighted by molar-refractivity contribution is 0.331. The third-order valence-corrected chi connectivity index (χ3v) is 5.70. The fourth-order valence-corrected chi connectivity index (χ4v) is 4.03. The third kappa shape index (κ3) is 5.29. The van der Waals surface area contributed by atoms with Crippen molar-refractivity contribution in [2.45, 2.75) is 32.1 Å². The molecule has 2 rings (SSSR count). The first-order valence-electron chi connectivity index (χ1n) is 8.07. The van der Waals surface area contributed by atoms with Gasteiger partial charge < -0.3 is 9.57 Å².